The summed E-state index contributed by atoms with van der Waals surface area (Å²) >= 11 is 0. The Kier molecular flexibility index (Phi) is 2.24. The first-order chi connectivity index (χ1) is 5.36. The molecule has 0 atom stereocenters. The smallest absolute Gasteiger partial charge is 0.0991 e. The van der Waals surface area contributed by atoms with Crippen molar-refractivity contribution < 1.29 is 0 Å². The van der Waals surface area contributed by atoms with E-state index in [1.165, 1.54) is 6.21 Å². The summed E-state index contributed by atoms with van der Waals surface area (Å²) < 4.78 is 0. The van der Waals surface area contributed by atoms with Crippen LogP contribution in [-0.4, -0.2) is 6.21 Å². The van der Waals surface area contributed by atoms with Crippen LogP contribution in [0.5, 0.6) is 0 Å². The number of benzene rings is 1. The second-order valence-corrected chi connectivity index (χ2v) is 2.01. The molecule has 0 aromatic heterocycles. The highest BCUT2D eigenvalue weighted by molar-refractivity contribution is 5.79. The van der Waals surface area contributed by atoms with Gasteiger partial charge in [0.1, 0.15) is 0 Å². The predicted octanol–water partition coefficient (Wildman–Crippen LogP) is 0.851. The monoisotopic (exact) mass is 145 g/mol. The van der Waals surface area contributed by atoms with Crippen molar-refractivity contribution in [3.8, 4) is 6.07 Å². The third-order valence-electron chi connectivity index (χ3n) is 1.26. The zero-order chi connectivity index (χ0) is 8.10. The summed E-state index contributed by atoms with van der Waals surface area (Å²) in [5.41, 5.74) is 1.53. The number of rotatable bonds is 1. The van der Waals surface area contributed by atoms with E-state index in [4.69, 9.17) is 11.1 Å². The van der Waals surface area contributed by atoms with Crippen LogP contribution >= 0.6 is 0 Å². The first-order valence-electron chi connectivity index (χ1n) is 3.10. The molecule has 0 amide bonds. The topological polar surface area (TPSA) is 62.2 Å². The average Bonchev–Trinajstić information content (AvgIpc) is 2.07. The second-order valence-electron chi connectivity index (χ2n) is 2.01. The molecule has 3 heteroatoms. The van der Waals surface area contributed by atoms with Gasteiger partial charge in [0.05, 0.1) is 17.8 Å². The number of hydrazone groups is 1. The summed E-state index contributed by atoms with van der Waals surface area (Å²) in [6.45, 7) is 0. The first kappa shape index (κ1) is 7.29. The highest BCUT2D eigenvalue weighted by Crippen LogP contribution is 1.99. The van der Waals surface area contributed by atoms with Crippen LogP contribution in [0.3, 0.4) is 0 Å². The van der Waals surface area contributed by atoms with Crippen molar-refractivity contribution in [2.24, 2.45) is 10.9 Å². The molecule has 2 N–H and O–H groups in total. The van der Waals surface area contributed by atoms with Gasteiger partial charge >= 0.3 is 0 Å². The van der Waals surface area contributed by atoms with Crippen molar-refractivity contribution in [2.75, 3.05) is 0 Å². The lowest BCUT2D eigenvalue weighted by molar-refractivity contribution is 1.26. The Morgan fingerprint density at radius 2 is 2.00 bits per heavy atom. The van der Waals surface area contributed by atoms with Crippen molar-refractivity contribution >= 4 is 6.21 Å². The molecule has 0 bridgehead atoms. The molecule has 0 spiro atoms. The molecular formula is C8H7N3. The number of nitrogens with two attached hydrogens (primary N) is 1. The quantitative estimate of drug-likeness (QED) is 0.361. The summed E-state index contributed by atoms with van der Waals surface area (Å²) in [6.07, 6.45) is 1.53. The molecule has 0 aliphatic rings. The normalized spacial score (nSPS) is 9.73. The van der Waals surface area contributed by atoms with Crippen molar-refractivity contribution in [3.63, 3.8) is 0 Å². The van der Waals surface area contributed by atoms with Gasteiger partial charge in [-0.25, -0.2) is 0 Å². The lowest BCUT2D eigenvalue weighted by Gasteiger charge is -1.89. The van der Waals surface area contributed by atoms with Gasteiger partial charge in [0, 0.05) is 0 Å². The Balaban J connectivity index is 2.94. The van der Waals surface area contributed by atoms with Crippen LogP contribution in [0.4, 0.5) is 0 Å². The molecule has 0 aliphatic heterocycles. The highest BCUT2D eigenvalue weighted by atomic mass is 15.1. The molecule has 0 saturated carbocycles. The van der Waals surface area contributed by atoms with Crippen LogP contribution in [0.2, 0.25) is 0 Å². The minimum absolute atomic E-state index is 0.638. The largest absolute Gasteiger partial charge is 0.323 e. The van der Waals surface area contributed by atoms with Crippen molar-refractivity contribution in [3.05, 3.63) is 35.4 Å². The third-order valence-corrected chi connectivity index (χ3v) is 1.26. The van der Waals surface area contributed by atoms with Gasteiger partial charge in [-0.3, -0.25) is 0 Å². The van der Waals surface area contributed by atoms with Gasteiger partial charge in [0.15, 0.2) is 0 Å². The first-order valence-corrected chi connectivity index (χ1v) is 3.10. The zero-order valence-corrected chi connectivity index (χ0v) is 5.86. The summed E-state index contributed by atoms with van der Waals surface area (Å²) in [5.74, 6) is 4.94. The maximum absolute atomic E-state index is 8.45. The molecule has 1 aromatic rings. The van der Waals surface area contributed by atoms with Gasteiger partial charge in [0.2, 0.25) is 0 Å². The minimum atomic E-state index is 0.638. The molecule has 11 heavy (non-hydrogen) atoms. The van der Waals surface area contributed by atoms with Gasteiger partial charge in [-0.1, -0.05) is 12.1 Å². The van der Waals surface area contributed by atoms with Crippen LogP contribution in [0.15, 0.2) is 29.4 Å². The van der Waals surface area contributed by atoms with E-state index in [-0.39, 0.29) is 0 Å². The minimum Gasteiger partial charge on any atom is -0.323 e. The van der Waals surface area contributed by atoms with Gasteiger partial charge in [-0.2, -0.15) is 10.4 Å². The van der Waals surface area contributed by atoms with Crippen LogP contribution in [-0.2, 0) is 0 Å². The van der Waals surface area contributed by atoms with Crippen LogP contribution in [0.1, 0.15) is 11.1 Å². The molecular weight excluding hydrogens is 138 g/mol. The second kappa shape index (κ2) is 3.37. The molecule has 0 saturated heterocycles. The summed E-state index contributed by atoms with van der Waals surface area (Å²) in [4.78, 5) is 0. The van der Waals surface area contributed by atoms with Crippen LogP contribution in [0.25, 0.3) is 0 Å². The van der Waals surface area contributed by atoms with E-state index >= 15 is 0 Å². The molecule has 0 fully saturated rings. The number of nitrogens with zero attached hydrogens (tertiary/aromatic N) is 2. The van der Waals surface area contributed by atoms with E-state index < -0.39 is 0 Å². The van der Waals surface area contributed by atoms with Crippen molar-refractivity contribution in [2.45, 2.75) is 0 Å². The fraction of sp³-hybridized carbons (Fsp3) is 0. The van der Waals surface area contributed by atoms with Gasteiger partial charge < -0.3 is 5.84 Å². The lowest BCUT2D eigenvalue weighted by Crippen LogP contribution is -1.85. The fourth-order valence-corrected chi connectivity index (χ4v) is 0.730. The van der Waals surface area contributed by atoms with E-state index in [1.54, 1.807) is 24.3 Å². The Morgan fingerprint density at radius 1 is 1.36 bits per heavy atom. The van der Waals surface area contributed by atoms with E-state index in [9.17, 15) is 0 Å². The van der Waals surface area contributed by atoms with E-state index in [0.717, 1.165) is 5.56 Å². The van der Waals surface area contributed by atoms with Crippen LogP contribution in [0, 0.1) is 11.3 Å². The van der Waals surface area contributed by atoms with Crippen molar-refractivity contribution in [1.82, 2.24) is 0 Å². The number of nitriles is 1. The maximum atomic E-state index is 8.45. The average molecular weight is 145 g/mol. The van der Waals surface area contributed by atoms with E-state index in [1.807, 2.05) is 6.07 Å². The Hall–Kier alpha value is -1.82. The Bertz CT molecular complexity index is 292. The molecule has 0 aliphatic carbocycles. The fourth-order valence-electron chi connectivity index (χ4n) is 0.730. The van der Waals surface area contributed by atoms with Gasteiger partial charge in [-0.15, -0.1) is 0 Å². The van der Waals surface area contributed by atoms with Gasteiger partial charge in [-0.05, 0) is 17.7 Å². The molecule has 0 heterocycles. The summed E-state index contributed by atoms with van der Waals surface area (Å²) in [6, 6.07) is 9.03. The predicted molar refractivity (Wildman–Crippen MR) is 42.9 cm³/mol. The molecule has 1 aromatic carbocycles. The lowest BCUT2D eigenvalue weighted by atomic mass is 10.2. The van der Waals surface area contributed by atoms with E-state index in [0.29, 0.717) is 5.56 Å². The number of hydrogen-bond donors (Lipinski definition) is 1. The summed E-state index contributed by atoms with van der Waals surface area (Å²) in [7, 11) is 0. The molecule has 54 valence electrons. The summed E-state index contributed by atoms with van der Waals surface area (Å²) in [5, 5.41) is 11.8. The SMILES string of the molecule is N#Cc1ccc(C=NN)cc1. The van der Waals surface area contributed by atoms with E-state index in [2.05, 4.69) is 5.10 Å². The third kappa shape index (κ3) is 1.80. The molecule has 1 rings (SSSR count). The standard InChI is InChI=1S/C8H7N3/c9-5-7-1-3-8(4-2-7)6-11-10/h1-4,6H,10H2. The van der Waals surface area contributed by atoms with Crippen molar-refractivity contribution in [1.29, 1.82) is 5.26 Å². The van der Waals surface area contributed by atoms with Crippen LogP contribution < -0.4 is 5.84 Å². The highest BCUT2D eigenvalue weighted by Gasteiger charge is 1.88. The molecule has 3 nitrogen and oxygen atoms in total. The molecule has 0 radical (unpaired) electrons. The molecule has 0 unspecified atom stereocenters. The Labute approximate surface area is 64.8 Å². The van der Waals surface area contributed by atoms with Gasteiger partial charge in [0.25, 0.3) is 0 Å². The maximum Gasteiger partial charge on any atom is 0.0991 e. The number of hydrogen-bond acceptors (Lipinski definition) is 3. The Morgan fingerprint density at radius 3 is 2.45 bits per heavy atom. The zero-order valence-electron chi connectivity index (χ0n) is 5.86.